The summed E-state index contributed by atoms with van der Waals surface area (Å²) in [7, 11) is 0. The summed E-state index contributed by atoms with van der Waals surface area (Å²) in [5, 5.41) is 7.69. The minimum Gasteiger partial charge on any atom is -0.457 e. The van der Waals surface area contributed by atoms with Gasteiger partial charge < -0.3 is 4.74 Å². The first-order chi connectivity index (χ1) is 22.9. The molecule has 3 heterocycles. The third-order valence-electron chi connectivity index (χ3n) is 9.97. The highest BCUT2D eigenvalue weighted by Gasteiger charge is 2.31. The van der Waals surface area contributed by atoms with E-state index in [2.05, 4.69) is 124 Å². The molecule has 5 nitrogen and oxygen atoms in total. The number of rotatable bonds is 9. The molecule has 2 atom stereocenters. The number of fused-ring (bicyclic) bond motifs is 3. The Labute approximate surface area is 278 Å². The Balaban J connectivity index is 1.34. The average Bonchev–Trinajstić information content (AvgIpc) is 3.60. The molecule has 0 unspecified atom stereocenters. The van der Waals surface area contributed by atoms with Gasteiger partial charge >= 0.3 is 0 Å². The van der Waals surface area contributed by atoms with Gasteiger partial charge in [-0.25, -0.2) is 9.67 Å². The van der Waals surface area contributed by atoms with E-state index in [1.54, 1.807) is 0 Å². The standard InChI is InChI=1S/C42H46N4O/c1-7-13-30-23-31(46-37(9-3)42(36(8-2)44-46)41-28(5)14-12-15-29(41)6)25-33(24-30)47-32-18-19-35-34-16-10-11-17-38(34)45(39(35)26-32)40-22-27(4)20-21-43-40/h10-11,14,16-26,29,41H,7-9,12-13,15H2,1-6H3/t29-,41+/m0/s1. The van der Waals surface area contributed by atoms with Crippen molar-refractivity contribution in [1.29, 1.82) is 0 Å². The second-order valence-corrected chi connectivity index (χ2v) is 13.3. The van der Waals surface area contributed by atoms with Crippen LogP contribution in [0.15, 0.2) is 90.6 Å². The second-order valence-electron chi connectivity index (χ2n) is 13.3. The van der Waals surface area contributed by atoms with Crippen molar-refractivity contribution < 1.29 is 4.74 Å². The van der Waals surface area contributed by atoms with Crippen molar-refractivity contribution in [2.45, 2.75) is 86.0 Å². The normalized spacial score (nSPS) is 16.6. The molecule has 0 N–H and O–H groups in total. The summed E-state index contributed by atoms with van der Waals surface area (Å²) >= 11 is 0. The molecule has 7 rings (SSSR count). The molecule has 5 heteroatoms. The van der Waals surface area contributed by atoms with Gasteiger partial charge in [-0.3, -0.25) is 4.57 Å². The SMILES string of the molecule is CCCc1cc(Oc2ccc3c4ccccc4n(-c4cc(C)ccn4)c3c2)cc(-n2nc(CC)c([C@@H]3C(C)=CCC[C@@H]3C)c2CC)c1. The Kier molecular flexibility index (Phi) is 8.48. The molecule has 0 saturated heterocycles. The van der Waals surface area contributed by atoms with Crippen molar-refractivity contribution in [3.05, 3.63) is 119 Å². The van der Waals surface area contributed by atoms with Crippen LogP contribution < -0.4 is 4.74 Å². The number of aryl methyl sites for hydroxylation is 3. The summed E-state index contributed by atoms with van der Waals surface area (Å²) in [6, 6.07) is 25.8. The molecular weight excluding hydrogens is 576 g/mol. The van der Waals surface area contributed by atoms with Crippen LogP contribution in [0.3, 0.4) is 0 Å². The molecule has 47 heavy (non-hydrogen) atoms. The van der Waals surface area contributed by atoms with Crippen molar-refractivity contribution in [2.75, 3.05) is 0 Å². The van der Waals surface area contributed by atoms with E-state index in [1.807, 2.05) is 12.3 Å². The number of allylic oxidation sites excluding steroid dienone is 2. The molecule has 1 aliphatic carbocycles. The van der Waals surface area contributed by atoms with Gasteiger partial charge in [0.25, 0.3) is 0 Å². The fourth-order valence-corrected chi connectivity index (χ4v) is 7.81. The van der Waals surface area contributed by atoms with Crippen LogP contribution in [0.2, 0.25) is 0 Å². The van der Waals surface area contributed by atoms with Gasteiger partial charge in [-0.1, -0.05) is 64.0 Å². The Bertz CT molecular complexity index is 2110. The molecule has 0 saturated carbocycles. The lowest BCUT2D eigenvalue weighted by atomic mass is 9.74. The molecule has 0 amide bonds. The maximum Gasteiger partial charge on any atom is 0.137 e. The predicted molar refractivity (Wildman–Crippen MR) is 195 cm³/mol. The number of hydrogen-bond acceptors (Lipinski definition) is 3. The quantitative estimate of drug-likeness (QED) is 0.151. The van der Waals surface area contributed by atoms with Gasteiger partial charge in [0.15, 0.2) is 0 Å². The zero-order valence-corrected chi connectivity index (χ0v) is 28.7. The Hall–Kier alpha value is -4.64. The number of pyridine rings is 1. The maximum absolute atomic E-state index is 6.75. The molecule has 240 valence electrons. The lowest BCUT2D eigenvalue weighted by molar-refractivity contribution is 0.446. The summed E-state index contributed by atoms with van der Waals surface area (Å²) in [6.45, 7) is 13.6. The van der Waals surface area contributed by atoms with Crippen LogP contribution in [0, 0.1) is 12.8 Å². The average molecular weight is 623 g/mol. The zero-order chi connectivity index (χ0) is 32.7. The van der Waals surface area contributed by atoms with E-state index in [0.29, 0.717) is 11.8 Å². The molecule has 0 bridgehead atoms. The number of benzene rings is 3. The minimum atomic E-state index is 0.429. The van der Waals surface area contributed by atoms with Crippen LogP contribution in [-0.4, -0.2) is 19.3 Å². The third kappa shape index (κ3) is 5.66. The fourth-order valence-electron chi connectivity index (χ4n) is 7.81. The van der Waals surface area contributed by atoms with Crippen LogP contribution in [0.5, 0.6) is 11.5 Å². The summed E-state index contributed by atoms with van der Waals surface area (Å²) in [5.74, 6) is 3.58. The van der Waals surface area contributed by atoms with E-state index in [4.69, 9.17) is 14.8 Å². The molecule has 0 spiro atoms. The van der Waals surface area contributed by atoms with Gasteiger partial charge in [0, 0.05) is 46.3 Å². The van der Waals surface area contributed by atoms with E-state index in [0.717, 1.165) is 59.7 Å². The van der Waals surface area contributed by atoms with Crippen LogP contribution in [0.25, 0.3) is 33.3 Å². The van der Waals surface area contributed by atoms with Crippen LogP contribution in [-0.2, 0) is 19.3 Å². The van der Waals surface area contributed by atoms with Crippen LogP contribution >= 0.6 is 0 Å². The van der Waals surface area contributed by atoms with Gasteiger partial charge in [0.1, 0.15) is 17.3 Å². The first kappa shape index (κ1) is 31.0. The third-order valence-corrected chi connectivity index (χ3v) is 9.97. The maximum atomic E-state index is 6.75. The second kappa shape index (κ2) is 12.9. The van der Waals surface area contributed by atoms with Gasteiger partial charge in [0.2, 0.25) is 0 Å². The summed E-state index contributed by atoms with van der Waals surface area (Å²) in [5.41, 5.74) is 11.2. The summed E-state index contributed by atoms with van der Waals surface area (Å²) < 4.78 is 11.2. The first-order valence-corrected chi connectivity index (χ1v) is 17.5. The van der Waals surface area contributed by atoms with Crippen molar-refractivity contribution in [3.8, 4) is 23.0 Å². The summed E-state index contributed by atoms with van der Waals surface area (Å²) in [6.07, 6.45) is 10.6. The molecule has 0 aliphatic heterocycles. The number of ether oxygens (including phenoxy) is 1. The van der Waals surface area contributed by atoms with Gasteiger partial charge in [0.05, 0.1) is 22.4 Å². The smallest absolute Gasteiger partial charge is 0.137 e. The topological polar surface area (TPSA) is 44.9 Å². The molecule has 3 aromatic heterocycles. The predicted octanol–water partition coefficient (Wildman–Crippen LogP) is 11.0. The molecular formula is C42H46N4O. The number of nitrogens with zero attached hydrogens (tertiary/aromatic N) is 4. The fraction of sp³-hybridized carbons (Fsp3) is 0.333. The lowest BCUT2D eigenvalue weighted by Crippen LogP contribution is -2.17. The molecule has 0 fully saturated rings. The number of para-hydroxylation sites is 1. The van der Waals surface area contributed by atoms with Crippen LogP contribution in [0.1, 0.15) is 87.9 Å². The Morgan fingerprint density at radius 2 is 1.68 bits per heavy atom. The van der Waals surface area contributed by atoms with Crippen molar-refractivity contribution in [1.82, 2.24) is 19.3 Å². The largest absolute Gasteiger partial charge is 0.457 e. The zero-order valence-electron chi connectivity index (χ0n) is 28.7. The van der Waals surface area contributed by atoms with E-state index in [1.165, 1.54) is 57.3 Å². The van der Waals surface area contributed by atoms with Crippen molar-refractivity contribution in [2.24, 2.45) is 5.92 Å². The summed E-state index contributed by atoms with van der Waals surface area (Å²) in [4.78, 5) is 4.76. The Morgan fingerprint density at radius 3 is 2.45 bits per heavy atom. The molecule has 0 radical (unpaired) electrons. The van der Waals surface area contributed by atoms with E-state index in [9.17, 15) is 0 Å². The van der Waals surface area contributed by atoms with E-state index in [-0.39, 0.29) is 0 Å². The van der Waals surface area contributed by atoms with E-state index >= 15 is 0 Å². The van der Waals surface area contributed by atoms with Gasteiger partial charge in [-0.05, 0) is 105 Å². The van der Waals surface area contributed by atoms with Crippen molar-refractivity contribution in [3.63, 3.8) is 0 Å². The highest BCUT2D eigenvalue weighted by Crippen LogP contribution is 2.42. The van der Waals surface area contributed by atoms with Crippen LogP contribution in [0.4, 0.5) is 0 Å². The highest BCUT2D eigenvalue weighted by atomic mass is 16.5. The number of hydrogen-bond donors (Lipinski definition) is 0. The Morgan fingerprint density at radius 1 is 0.851 bits per heavy atom. The molecule has 1 aliphatic rings. The van der Waals surface area contributed by atoms with Crippen molar-refractivity contribution >= 4 is 21.8 Å². The van der Waals surface area contributed by atoms with E-state index < -0.39 is 0 Å². The molecule has 6 aromatic rings. The van der Waals surface area contributed by atoms with Gasteiger partial charge in [-0.2, -0.15) is 5.10 Å². The molecule has 3 aromatic carbocycles. The highest BCUT2D eigenvalue weighted by molar-refractivity contribution is 6.09. The first-order valence-electron chi connectivity index (χ1n) is 17.5. The number of aromatic nitrogens is 4. The monoisotopic (exact) mass is 622 g/mol. The van der Waals surface area contributed by atoms with Gasteiger partial charge in [-0.15, -0.1) is 0 Å². The lowest BCUT2D eigenvalue weighted by Gasteiger charge is -2.30. The minimum absolute atomic E-state index is 0.429.